The van der Waals surface area contributed by atoms with E-state index in [1.165, 1.54) is 12.1 Å². The van der Waals surface area contributed by atoms with Crippen LogP contribution in [0.4, 0.5) is 10.1 Å². The molecule has 0 atom stereocenters. The van der Waals surface area contributed by atoms with Gasteiger partial charge in [0, 0.05) is 11.7 Å². The molecule has 1 aromatic carbocycles. The van der Waals surface area contributed by atoms with Crippen molar-refractivity contribution >= 4 is 11.6 Å². The number of anilines is 1. The van der Waals surface area contributed by atoms with E-state index in [9.17, 15) is 9.18 Å². The molecule has 1 saturated carbocycles. The summed E-state index contributed by atoms with van der Waals surface area (Å²) < 4.78 is 12.9. The Labute approximate surface area is 107 Å². The summed E-state index contributed by atoms with van der Waals surface area (Å²) in [7, 11) is 0. The predicted octanol–water partition coefficient (Wildman–Crippen LogP) is 2.57. The number of nitrogen functional groups attached to an aromatic ring is 1. The molecule has 4 heteroatoms. The molecule has 0 unspecified atom stereocenters. The number of rotatable bonds is 2. The molecule has 98 valence electrons. The van der Waals surface area contributed by atoms with Crippen molar-refractivity contribution in [2.45, 2.75) is 33.7 Å². The van der Waals surface area contributed by atoms with Crippen molar-refractivity contribution in [1.82, 2.24) is 5.32 Å². The van der Waals surface area contributed by atoms with Crippen LogP contribution in [0.25, 0.3) is 0 Å². The second-order valence-electron chi connectivity index (χ2n) is 6.08. The number of hydrogen-bond donors (Lipinski definition) is 2. The van der Waals surface area contributed by atoms with Crippen LogP contribution in [0.1, 0.15) is 38.1 Å². The van der Waals surface area contributed by atoms with Crippen LogP contribution in [-0.4, -0.2) is 11.9 Å². The van der Waals surface area contributed by atoms with E-state index in [0.29, 0.717) is 5.56 Å². The summed E-state index contributed by atoms with van der Waals surface area (Å²) in [6.07, 6.45) is 0. The molecule has 18 heavy (non-hydrogen) atoms. The lowest BCUT2D eigenvalue weighted by molar-refractivity contribution is 0.0944. The summed E-state index contributed by atoms with van der Waals surface area (Å²) in [5.41, 5.74) is 6.29. The molecule has 0 radical (unpaired) electrons. The third kappa shape index (κ3) is 1.76. The highest BCUT2D eigenvalue weighted by molar-refractivity contribution is 5.99. The van der Waals surface area contributed by atoms with Gasteiger partial charge in [0.25, 0.3) is 5.91 Å². The maximum atomic E-state index is 12.9. The molecule has 0 saturated heterocycles. The Kier molecular flexibility index (Phi) is 2.65. The lowest BCUT2D eigenvalue weighted by Gasteiger charge is -2.09. The minimum absolute atomic E-state index is 0.0669. The maximum Gasteiger partial charge on any atom is 0.253 e. The summed E-state index contributed by atoms with van der Waals surface area (Å²) in [4.78, 5) is 12.1. The highest BCUT2D eigenvalue weighted by atomic mass is 19.1. The van der Waals surface area contributed by atoms with E-state index in [2.05, 4.69) is 33.0 Å². The van der Waals surface area contributed by atoms with Crippen molar-refractivity contribution in [3.8, 4) is 0 Å². The van der Waals surface area contributed by atoms with Crippen LogP contribution >= 0.6 is 0 Å². The normalized spacial score (nSPS) is 20.5. The van der Waals surface area contributed by atoms with Gasteiger partial charge in [-0.3, -0.25) is 4.79 Å². The minimum Gasteiger partial charge on any atom is -0.398 e. The number of nitrogens with two attached hydrogens (primary N) is 1. The van der Waals surface area contributed by atoms with Crippen molar-refractivity contribution in [2.24, 2.45) is 10.8 Å². The van der Waals surface area contributed by atoms with Crippen molar-refractivity contribution in [3.63, 3.8) is 0 Å². The zero-order valence-corrected chi connectivity index (χ0v) is 11.2. The lowest BCUT2D eigenvalue weighted by Crippen LogP contribution is -2.30. The van der Waals surface area contributed by atoms with E-state index in [1.54, 1.807) is 0 Å². The quantitative estimate of drug-likeness (QED) is 0.793. The average molecular weight is 250 g/mol. The molecule has 0 bridgehead atoms. The molecule has 1 aliphatic carbocycles. The number of hydrogen-bond acceptors (Lipinski definition) is 2. The van der Waals surface area contributed by atoms with E-state index in [-0.39, 0.29) is 28.5 Å². The van der Waals surface area contributed by atoms with Gasteiger partial charge in [0.1, 0.15) is 5.82 Å². The van der Waals surface area contributed by atoms with Crippen LogP contribution in [0.2, 0.25) is 0 Å². The Balaban J connectivity index is 2.15. The molecule has 0 aliphatic heterocycles. The molecule has 3 N–H and O–H groups in total. The first kappa shape index (κ1) is 12.9. The molecule has 1 aromatic rings. The average Bonchev–Trinajstić information content (AvgIpc) is 2.60. The standard InChI is InChI=1S/C14H19FN2O/c1-13(2)12(14(13,3)4)17-11(18)9-6-5-8(15)7-10(9)16/h5-7,12H,16H2,1-4H3,(H,17,18). The van der Waals surface area contributed by atoms with Crippen LogP contribution < -0.4 is 11.1 Å². The highest BCUT2D eigenvalue weighted by Crippen LogP contribution is 2.62. The largest absolute Gasteiger partial charge is 0.398 e. The van der Waals surface area contributed by atoms with Gasteiger partial charge >= 0.3 is 0 Å². The summed E-state index contributed by atoms with van der Waals surface area (Å²) in [6, 6.07) is 3.94. The molecule has 3 nitrogen and oxygen atoms in total. The zero-order valence-electron chi connectivity index (χ0n) is 11.2. The first-order chi connectivity index (χ1) is 8.18. The van der Waals surface area contributed by atoms with E-state index in [1.807, 2.05) is 0 Å². The summed E-state index contributed by atoms with van der Waals surface area (Å²) in [5, 5.41) is 2.97. The fourth-order valence-corrected chi connectivity index (χ4v) is 2.51. The molecule has 0 aromatic heterocycles. The number of carbonyl (C=O) groups is 1. The van der Waals surface area contributed by atoms with Gasteiger partial charge in [0.2, 0.25) is 0 Å². The van der Waals surface area contributed by atoms with Gasteiger partial charge < -0.3 is 11.1 Å². The Hall–Kier alpha value is -1.58. The molecular weight excluding hydrogens is 231 g/mol. The Morgan fingerprint density at radius 2 is 1.83 bits per heavy atom. The number of halogens is 1. The van der Waals surface area contributed by atoms with Gasteiger partial charge in [-0.05, 0) is 29.0 Å². The Bertz CT molecular complexity index is 495. The Morgan fingerprint density at radius 3 is 2.28 bits per heavy atom. The fraction of sp³-hybridized carbons (Fsp3) is 0.500. The first-order valence-electron chi connectivity index (χ1n) is 6.04. The molecule has 0 spiro atoms. The third-order valence-electron chi connectivity index (χ3n) is 4.55. The maximum absolute atomic E-state index is 12.9. The van der Waals surface area contributed by atoms with E-state index in [0.717, 1.165) is 6.07 Å². The fourth-order valence-electron chi connectivity index (χ4n) is 2.51. The van der Waals surface area contributed by atoms with E-state index in [4.69, 9.17) is 5.73 Å². The monoisotopic (exact) mass is 250 g/mol. The Morgan fingerprint density at radius 1 is 1.28 bits per heavy atom. The van der Waals surface area contributed by atoms with Crippen molar-refractivity contribution < 1.29 is 9.18 Å². The smallest absolute Gasteiger partial charge is 0.253 e. The van der Waals surface area contributed by atoms with Crippen LogP contribution in [0.3, 0.4) is 0 Å². The van der Waals surface area contributed by atoms with Gasteiger partial charge in [-0.25, -0.2) is 4.39 Å². The topological polar surface area (TPSA) is 55.1 Å². The van der Waals surface area contributed by atoms with Gasteiger partial charge in [-0.2, -0.15) is 0 Å². The van der Waals surface area contributed by atoms with Crippen LogP contribution in [-0.2, 0) is 0 Å². The first-order valence-corrected chi connectivity index (χ1v) is 6.04. The van der Waals surface area contributed by atoms with Gasteiger partial charge in [-0.1, -0.05) is 27.7 Å². The SMILES string of the molecule is CC1(C)C(NC(=O)c2ccc(F)cc2N)C1(C)C. The second kappa shape index (κ2) is 3.70. The van der Waals surface area contributed by atoms with Crippen LogP contribution in [0.15, 0.2) is 18.2 Å². The van der Waals surface area contributed by atoms with Crippen molar-refractivity contribution in [2.75, 3.05) is 5.73 Å². The summed E-state index contributed by atoms with van der Waals surface area (Å²) in [5.74, 6) is -0.674. The minimum atomic E-state index is -0.434. The van der Waals surface area contributed by atoms with E-state index < -0.39 is 5.82 Å². The molecule has 1 amide bonds. The molecule has 1 fully saturated rings. The summed E-state index contributed by atoms with van der Waals surface area (Å²) >= 11 is 0. The third-order valence-corrected chi connectivity index (χ3v) is 4.55. The van der Waals surface area contributed by atoms with Crippen LogP contribution in [0.5, 0.6) is 0 Å². The number of benzene rings is 1. The predicted molar refractivity (Wildman–Crippen MR) is 69.6 cm³/mol. The van der Waals surface area contributed by atoms with Gasteiger partial charge in [0.05, 0.1) is 5.56 Å². The summed E-state index contributed by atoms with van der Waals surface area (Å²) in [6.45, 7) is 8.47. The van der Waals surface area contributed by atoms with Gasteiger partial charge in [-0.15, -0.1) is 0 Å². The van der Waals surface area contributed by atoms with Gasteiger partial charge in [0.15, 0.2) is 0 Å². The highest BCUT2D eigenvalue weighted by Gasteiger charge is 2.65. The zero-order chi connectivity index (χ0) is 13.7. The molecule has 0 heterocycles. The van der Waals surface area contributed by atoms with E-state index >= 15 is 0 Å². The number of nitrogens with one attached hydrogen (secondary N) is 1. The van der Waals surface area contributed by atoms with Crippen molar-refractivity contribution in [1.29, 1.82) is 0 Å². The molecular formula is C14H19FN2O. The molecule has 1 aliphatic rings. The van der Waals surface area contributed by atoms with Crippen molar-refractivity contribution in [3.05, 3.63) is 29.6 Å². The second-order valence-corrected chi connectivity index (χ2v) is 6.08. The lowest BCUT2D eigenvalue weighted by atomic mass is 10.0. The molecule has 2 rings (SSSR count). The van der Waals surface area contributed by atoms with Crippen LogP contribution in [0, 0.1) is 16.6 Å². The number of carbonyl (C=O) groups excluding carboxylic acids is 1. The number of amides is 1.